The molecule has 1 heterocycles. The quantitative estimate of drug-likeness (QED) is 0.541. The van der Waals surface area contributed by atoms with E-state index in [0.717, 1.165) is 5.82 Å². The van der Waals surface area contributed by atoms with E-state index >= 15 is 0 Å². The van der Waals surface area contributed by atoms with Crippen LogP contribution in [-0.4, -0.2) is 15.2 Å². The third-order valence-electron chi connectivity index (χ3n) is 0.615. The van der Waals surface area contributed by atoms with Crippen molar-refractivity contribution in [2.24, 2.45) is 0 Å². The fourth-order valence-corrected chi connectivity index (χ4v) is 0.360. The maximum atomic E-state index is 5.13. The van der Waals surface area contributed by atoms with Crippen molar-refractivity contribution >= 4 is 5.95 Å². The second kappa shape index (κ2) is 3.88. The van der Waals surface area contributed by atoms with Gasteiger partial charge in [-0.3, -0.25) is 5.10 Å². The van der Waals surface area contributed by atoms with E-state index in [4.69, 9.17) is 5.73 Å². The zero-order chi connectivity index (χ0) is 7.28. The summed E-state index contributed by atoms with van der Waals surface area (Å²) in [5, 5.41) is 6.14. The fraction of sp³-hybridized carbons (Fsp3) is 0.600. The Labute approximate surface area is 54.5 Å². The van der Waals surface area contributed by atoms with Crippen LogP contribution in [0.1, 0.15) is 19.7 Å². The van der Waals surface area contributed by atoms with Gasteiger partial charge in [0.05, 0.1) is 0 Å². The summed E-state index contributed by atoms with van der Waals surface area (Å²) in [5.74, 6) is 1.05. The summed E-state index contributed by atoms with van der Waals surface area (Å²) in [6.07, 6.45) is 0. The Morgan fingerprint density at radius 2 is 2.00 bits per heavy atom. The second-order valence-corrected chi connectivity index (χ2v) is 1.28. The van der Waals surface area contributed by atoms with E-state index in [-0.39, 0.29) is 0 Å². The van der Waals surface area contributed by atoms with E-state index < -0.39 is 0 Å². The minimum atomic E-state index is 0.303. The van der Waals surface area contributed by atoms with E-state index in [2.05, 4.69) is 15.2 Å². The van der Waals surface area contributed by atoms with Gasteiger partial charge in [-0.2, -0.15) is 4.98 Å². The number of nitrogens with zero attached hydrogens (tertiary/aromatic N) is 2. The van der Waals surface area contributed by atoms with Crippen LogP contribution in [0.2, 0.25) is 0 Å². The number of hydrogen-bond acceptors (Lipinski definition) is 3. The topological polar surface area (TPSA) is 67.6 Å². The van der Waals surface area contributed by atoms with Crippen LogP contribution in [0.5, 0.6) is 0 Å². The predicted octanol–water partition coefficient (Wildman–Crippen LogP) is 0.722. The van der Waals surface area contributed by atoms with Crippen molar-refractivity contribution in [1.82, 2.24) is 15.2 Å². The van der Waals surface area contributed by atoms with Crippen LogP contribution in [0.15, 0.2) is 0 Å². The lowest BCUT2D eigenvalue weighted by Crippen LogP contribution is -1.84. The Bertz CT molecular complexity index is 141. The van der Waals surface area contributed by atoms with Gasteiger partial charge in [0.15, 0.2) is 0 Å². The molecular formula is C5H12N4. The van der Waals surface area contributed by atoms with Gasteiger partial charge in [0.1, 0.15) is 5.82 Å². The summed E-state index contributed by atoms with van der Waals surface area (Å²) in [7, 11) is 0. The first-order chi connectivity index (χ1) is 4.29. The maximum Gasteiger partial charge on any atom is 0.239 e. The molecule has 0 aliphatic rings. The molecule has 0 fully saturated rings. The number of aryl methyl sites for hydroxylation is 1. The summed E-state index contributed by atoms with van der Waals surface area (Å²) < 4.78 is 0. The van der Waals surface area contributed by atoms with Crippen molar-refractivity contribution in [3.63, 3.8) is 0 Å². The van der Waals surface area contributed by atoms with Crippen molar-refractivity contribution in [1.29, 1.82) is 0 Å². The second-order valence-electron chi connectivity index (χ2n) is 1.28. The van der Waals surface area contributed by atoms with Gasteiger partial charge < -0.3 is 5.73 Å². The number of rotatable bonds is 0. The molecule has 0 amide bonds. The van der Waals surface area contributed by atoms with Gasteiger partial charge in [0, 0.05) is 0 Å². The Kier molecular flexibility index (Phi) is 3.43. The highest BCUT2D eigenvalue weighted by atomic mass is 15.2. The third kappa shape index (κ3) is 2.69. The molecule has 0 spiro atoms. The minimum Gasteiger partial charge on any atom is -0.367 e. The van der Waals surface area contributed by atoms with Gasteiger partial charge in [0.2, 0.25) is 5.95 Å². The number of nitrogens with one attached hydrogen (secondary N) is 1. The number of nitrogens with two attached hydrogens (primary N) is 1. The lowest BCUT2D eigenvalue weighted by molar-refractivity contribution is 1.04. The first kappa shape index (κ1) is 7.94. The molecule has 3 N–H and O–H groups in total. The maximum absolute atomic E-state index is 5.13. The van der Waals surface area contributed by atoms with E-state index in [1.165, 1.54) is 0 Å². The first-order valence-electron chi connectivity index (χ1n) is 2.93. The molecule has 1 rings (SSSR count). The molecule has 0 unspecified atom stereocenters. The molecule has 0 radical (unpaired) electrons. The highest BCUT2D eigenvalue weighted by molar-refractivity contribution is 5.11. The summed E-state index contributed by atoms with van der Waals surface area (Å²) in [5.41, 5.74) is 5.13. The zero-order valence-electron chi connectivity index (χ0n) is 5.97. The van der Waals surface area contributed by atoms with Gasteiger partial charge >= 0.3 is 0 Å². The normalized spacial score (nSPS) is 7.89. The lowest BCUT2D eigenvalue weighted by Gasteiger charge is -1.68. The Morgan fingerprint density at radius 3 is 2.11 bits per heavy atom. The number of aromatic nitrogens is 3. The Morgan fingerprint density at radius 1 is 1.44 bits per heavy atom. The summed E-state index contributed by atoms with van der Waals surface area (Å²) in [6, 6.07) is 0. The first-order valence-corrected chi connectivity index (χ1v) is 2.93. The molecule has 0 atom stereocenters. The minimum absolute atomic E-state index is 0.303. The van der Waals surface area contributed by atoms with Gasteiger partial charge in [-0.1, -0.05) is 13.8 Å². The number of anilines is 1. The van der Waals surface area contributed by atoms with E-state index in [9.17, 15) is 0 Å². The van der Waals surface area contributed by atoms with Crippen molar-refractivity contribution in [3.8, 4) is 0 Å². The van der Waals surface area contributed by atoms with E-state index in [1.807, 2.05) is 13.8 Å². The Balaban J connectivity index is 0.000000291. The molecule has 0 saturated carbocycles. The highest BCUT2D eigenvalue weighted by Gasteiger charge is 1.86. The molecule has 4 heteroatoms. The number of aromatic amines is 1. The van der Waals surface area contributed by atoms with Crippen molar-refractivity contribution < 1.29 is 0 Å². The molecule has 9 heavy (non-hydrogen) atoms. The monoisotopic (exact) mass is 128 g/mol. The van der Waals surface area contributed by atoms with Gasteiger partial charge in [-0.15, -0.1) is 5.10 Å². The van der Waals surface area contributed by atoms with Gasteiger partial charge in [0.25, 0.3) is 0 Å². The number of H-pyrrole nitrogens is 1. The molecule has 4 nitrogen and oxygen atoms in total. The van der Waals surface area contributed by atoms with Crippen LogP contribution in [0.3, 0.4) is 0 Å². The van der Waals surface area contributed by atoms with Crippen LogP contribution >= 0.6 is 0 Å². The highest BCUT2D eigenvalue weighted by Crippen LogP contribution is 1.86. The average Bonchev–Trinajstić information content (AvgIpc) is 2.20. The fourth-order valence-electron chi connectivity index (χ4n) is 0.360. The van der Waals surface area contributed by atoms with Crippen LogP contribution in [-0.2, 0) is 0 Å². The van der Waals surface area contributed by atoms with E-state index in [0.29, 0.717) is 5.95 Å². The largest absolute Gasteiger partial charge is 0.367 e. The average molecular weight is 128 g/mol. The number of nitrogen functional groups attached to an aromatic ring is 1. The molecule has 0 aliphatic heterocycles. The summed E-state index contributed by atoms with van der Waals surface area (Å²) in [4.78, 5) is 3.72. The lowest BCUT2D eigenvalue weighted by atomic mass is 10.8. The van der Waals surface area contributed by atoms with Crippen molar-refractivity contribution in [2.45, 2.75) is 20.8 Å². The molecule has 1 aromatic heterocycles. The van der Waals surface area contributed by atoms with Crippen LogP contribution in [0.25, 0.3) is 0 Å². The van der Waals surface area contributed by atoms with Crippen LogP contribution < -0.4 is 5.73 Å². The molecule has 0 bridgehead atoms. The zero-order valence-corrected chi connectivity index (χ0v) is 5.97. The number of hydrogen-bond donors (Lipinski definition) is 2. The van der Waals surface area contributed by atoms with Crippen LogP contribution in [0.4, 0.5) is 5.95 Å². The van der Waals surface area contributed by atoms with E-state index in [1.54, 1.807) is 6.92 Å². The summed E-state index contributed by atoms with van der Waals surface area (Å²) in [6.45, 7) is 5.80. The molecule has 0 aliphatic carbocycles. The molecule has 52 valence electrons. The van der Waals surface area contributed by atoms with Crippen LogP contribution in [0, 0.1) is 6.92 Å². The molecule has 1 aromatic rings. The molecular weight excluding hydrogens is 116 g/mol. The van der Waals surface area contributed by atoms with Gasteiger partial charge in [-0.25, -0.2) is 0 Å². The summed E-state index contributed by atoms with van der Waals surface area (Å²) >= 11 is 0. The Hall–Kier alpha value is -1.06. The predicted molar refractivity (Wildman–Crippen MR) is 36.9 cm³/mol. The molecule has 0 aromatic carbocycles. The third-order valence-corrected chi connectivity index (χ3v) is 0.615. The smallest absolute Gasteiger partial charge is 0.239 e. The van der Waals surface area contributed by atoms with Gasteiger partial charge in [-0.05, 0) is 6.92 Å². The SMILES string of the molecule is CC.Cc1nc(N)n[nH]1. The van der Waals surface area contributed by atoms with Crippen molar-refractivity contribution in [3.05, 3.63) is 5.82 Å². The molecule has 0 saturated heterocycles. The van der Waals surface area contributed by atoms with Crippen molar-refractivity contribution in [2.75, 3.05) is 5.73 Å². The standard InChI is InChI=1S/C3H6N4.C2H6/c1-2-5-3(4)7-6-2;1-2/h1H3,(H3,4,5,6,7);1-2H3.